The highest BCUT2D eigenvalue weighted by Crippen LogP contribution is 2.70. The highest BCUT2D eigenvalue weighted by Gasteiger charge is 2.63. The Morgan fingerprint density at radius 1 is 0.342 bits per heavy atom. The number of fused-ring (bicyclic) bond motifs is 5. The first kappa shape index (κ1) is 42.5. The lowest BCUT2D eigenvalue weighted by atomic mass is 9.38. The molecule has 5 aliphatic carbocycles. The number of furan rings is 1. The van der Waals surface area contributed by atoms with Crippen LogP contribution in [0.1, 0.15) is 65.5 Å². The van der Waals surface area contributed by atoms with Crippen LogP contribution in [0.25, 0.3) is 55.3 Å². The van der Waals surface area contributed by atoms with Crippen molar-refractivity contribution >= 4 is 39.0 Å². The molecule has 10 aromatic carbocycles. The predicted octanol–water partition coefficient (Wildman–Crippen LogP) is 18.5. The lowest BCUT2D eigenvalue weighted by Gasteiger charge is -2.65. The first-order valence-corrected chi connectivity index (χ1v) is 26.6. The van der Waals surface area contributed by atoms with E-state index in [1.54, 1.807) is 11.1 Å². The van der Waals surface area contributed by atoms with E-state index in [2.05, 4.69) is 248 Å². The van der Waals surface area contributed by atoms with Gasteiger partial charge in [0.1, 0.15) is 11.2 Å². The molecule has 0 unspecified atom stereocenters. The van der Waals surface area contributed by atoms with Crippen LogP contribution in [0.2, 0.25) is 0 Å². The Labute approximate surface area is 428 Å². The molecule has 4 bridgehead atoms. The predicted molar refractivity (Wildman–Crippen MR) is 301 cm³/mol. The average Bonchev–Trinajstić information content (AvgIpc) is 3.85. The quantitative estimate of drug-likeness (QED) is 0.151. The van der Waals surface area contributed by atoms with Crippen LogP contribution in [-0.2, 0) is 10.8 Å². The monoisotopic (exact) mass is 937 g/mol. The van der Waals surface area contributed by atoms with Crippen molar-refractivity contribution in [1.29, 1.82) is 0 Å². The summed E-state index contributed by atoms with van der Waals surface area (Å²) in [7, 11) is 0. The van der Waals surface area contributed by atoms with Crippen molar-refractivity contribution in [1.82, 2.24) is 0 Å². The van der Waals surface area contributed by atoms with Gasteiger partial charge >= 0.3 is 0 Å². The average molecular weight is 938 g/mol. The Hall–Kier alpha value is -8.20. The molecule has 0 saturated heterocycles. The SMILES string of the molecule is c1ccc(-c2cccc(N(c3ccc(-c4ccccc4-c4cccc5oc6ccccc6c45)cc3)c3ccc4c(c3)C(c3ccccc3)(c3ccccc3)c3ccccc3C43C4CC5CC(C4)CC3C5)c2)cc1. The number of rotatable bonds is 8. The van der Waals surface area contributed by atoms with Gasteiger partial charge in [0.15, 0.2) is 0 Å². The van der Waals surface area contributed by atoms with Crippen molar-refractivity contribution in [2.45, 2.75) is 42.9 Å². The zero-order chi connectivity index (χ0) is 48.1. The van der Waals surface area contributed by atoms with E-state index in [4.69, 9.17) is 4.42 Å². The fourth-order valence-corrected chi connectivity index (χ4v) is 15.4. The van der Waals surface area contributed by atoms with Crippen LogP contribution in [0.4, 0.5) is 17.1 Å². The Balaban J connectivity index is 0.957. The van der Waals surface area contributed by atoms with Crippen molar-refractivity contribution in [2.75, 3.05) is 4.90 Å². The van der Waals surface area contributed by atoms with E-state index in [9.17, 15) is 0 Å². The zero-order valence-corrected chi connectivity index (χ0v) is 40.9. The van der Waals surface area contributed by atoms with E-state index in [1.165, 1.54) is 87.7 Å². The summed E-state index contributed by atoms with van der Waals surface area (Å²) in [6, 6.07) is 93.3. The lowest BCUT2D eigenvalue weighted by molar-refractivity contribution is -0.0440. The third-order valence-corrected chi connectivity index (χ3v) is 18.0. The Morgan fingerprint density at radius 2 is 0.877 bits per heavy atom. The highest BCUT2D eigenvalue weighted by molar-refractivity contribution is 6.13. The van der Waals surface area contributed by atoms with Gasteiger partial charge in [0.25, 0.3) is 0 Å². The Bertz CT molecular complexity index is 3800. The molecule has 1 aromatic heterocycles. The second-order valence-electron chi connectivity index (χ2n) is 21.6. The summed E-state index contributed by atoms with van der Waals surface area (Å²) in [5.41, 5.74) is 20.3. The van der Waals surface area contributed by atoms with Crippen molar-refractivity contribution in [3.05, 3.63) is 282 Å². The third-order valence-electron chi connectivity index (χ3n) is 18.0. The summed E-state index contributed by atoms with van der Waals surface area (Å²) >= 11 is 0. The molecule has 4 saturated carbocycles. The topological polar surface area (TPSA) is 16.4 Å². The minimum atomic E-state index is -0.557. The largest absolute Gasteiger partial charge is 0.456 e. The number of anilines is 3. The van der Waals surface area contributed by atoms with Crippen molar-refractivity contribution in [3.8, 4) is 33.4 Å². The molecular weight excluding hydrogens is 883 g/mol. The van der Waals surface area contributed by atoms with Crippen LogP contribution in [0.3, 0.4) is 0 Å². The Kier molecular flexibility index (Phi) is 9.71. The molecule has 2 nitrogen and oxygen atoms in total. The van der Waals surface area contributed by atoms with Crippen LogP contribution in [0.15, 0.2) is 253 Å². The standard InChI is InChI=1S/C71H55NO/c1-4-18-49(19-5-1)51-20-16-25-57(45-51)72(56-36-34-50(35-37-56)59-26-10-11-27-60(59)61-29-17-33-68-69(61)62-28-12-15-32-67(62)73-68)58-38-39-65-66(46-58)70(52-21-6-2-7-22-52,53-23-8-3-9-24-53)63-30-13-14-31-64(63)71(65)54-41-47-40-48(43-54)44-55(71)42-47/h1-39,45-48,54-55H,40-44H2. The van der Waals surface area contributed by atoms with Gasteiger partial charge in [-0.3, -0.25) is 0 Å². The van der Waals surface area contributed by atoms with Gasteiger partial charge in [-0.15, -0.1) is 0 Å². The summed E-state index contributed by atoms with van der Waals surface area (Å²) in [4.78, 5) is 2.52. The molecule has 1 spiro atoms. The molecule has 16 rings (SSSR count). The molecule has 0 atom stereocenters. The maximum atomic E-state index is 6.39. The number of hydrogen-bond donors (Lipinski definition) is 0. The third kappa shape index (κ3) is 6.36. The first-order valence-electron chi connectivity index (χ1n) is 26.6. The molecule has 0 radical (unpaired) electrons. The molecule has 350 valence electrons. The van der Waals surface area contributed by atoms with E-state index in [0.29, 0.717) is 11.8 Å². The summed E-state index contributed by atoms with van der Waals surface area (Å²) in [6.07, 6.45) is 6.73. The number of benzene rings is 10. The van der Waals surface area contributed by atoms with Crippen molar-refractivity contribution in [3.63, 3.8) is 0 Å². The van der Waals surface area contributed by atoms with E-state index < -0.39 is 5.41 Å². The van der Waals surface area contributed by atoms with Gasteiger partial charge in [0.2, 0.25) is 0 Å². The van der Waals surface area contributed by atoms with E-state index in [0.717, 1.165) is 50.8 Å². The number of para-hydroxylation sites is 1. The number of hydrogen-bond acceptors (Lipinski definition) is 2. The summed E-state index contributed by atoms with van der Waals surface area (Å²) in [5.74, 6) is 2.93. The van der Waals surface area contributed by atoms with Gasteiger partial charge < -0.3 is 9.32 Å². The van der Waals surface area contributed by atoms with Gasteiger partial charge in [0, 0.05) is 33.2 Å². The van der Waals surface area contributed by atoms with Gasteiger partial charge in [-0.05, 0) is 171 Å². The maximum absolute atomic E-state index is 6.39. The fraction of sp³-hybridized carbons (Fsp3) is 0.155. The van der Waals surface area contributed by atoms with Gasteiger partial charge in [-0.25, -0.2) is 0 Å². The van der Waals surface area contributed by atoms with Crippen molar-refractivity contribution < 1.29 is 4.42 Å². The van der Waals surface area contributed by atoms with E-state index in [-0.39, 0.29) is 5.41 Å². The smallest absolute Gasteiger partial charge is 0.136 e. The van der Waals surface area contributed by atoms with Crippen LogP contribution >= 0.6 is 0 Å². The molecule has 0 amide bonds. The summed E-state index contributed by atoms with van der Waals surface area (Å²) < 4.78 is 6.39. The minimum absolute atomic E-state index is 0.0505. The fourth-order valence-electron chi connectivity index (χ4n) is 15.4. The van der Waals surface area contributed by atoms with Crippen LogP contribution in [0.5, 0.6) is 0 Å². The molecule has 11 aromatic rings. The molecule has 73 heavy (non-hydrogen) atoms. The van der Waals surface area contributed by atoms with Crippen LogP contribution in [-0.4, -0.2) is 0 Å². The molecular formula is C71H55NO. The second kappa shape index (κ2) is 16.7. The molecule has 5 aliphatic rings. The van der Waals surface area contributed by atoms with Crippen LogP contribution in [0, 0.1) is 23.7 Å². The minimum Gasteiger partial charge on any atom is -0.456 e. The summed E-state index contributed by atoms with van der Waals surface area (Å²) in [6.45, 7) is 0. The molecule has 1 heterocycles. The first-order chi connectivity index (χ1) is 36.2. The molecule has 4 fully saturated rings. The van der Waals surface area contributed by atoms with Gasteiger partial charge in [0.05, 0.1) is 5.41 Å². The molecule has 0 N–H and O–H groups in total. The second-order valence-corrected chi connectivity index (χ2v) is 21.6. The number of nitrogens with zero attached hydrogens (tertiary/aromatic N) is 1. The van der Waals surface area contributed by atoms with Gasteiger partial charge in [-0.2, -0.15) is 0 Å². The van der Waals surface area contributed by atoms with Crippen LogP contribution < -0.4 is 4.90 Å². The zero-order valence-electron chi connectivity index (χ0n) is 40.9. The van der Waals surface area contributed by atoms with Gasteiger partial charge in [-0.1, -0.05) is 200 Å². The van der Waals surface area contributed by atoms with E-state index >= 15 is 0 Å². The summed E-state index contributed by atoms with van der Waals surface area (Å²) in [5, 5.41) is 2.29. The maximum Gasteiger partial charge on any atom is 0.136 e. The molecule has 0 aliphatic heterocycles. The van der Waals surface area contributed by atoms with E-state index in [1.807, 2.05) is 6.07 Å². The Morgan fingerprint density at radius 3 is 1.60 bits per heavy atom. The normalized spacial score (nSPS) is 21.0. The molecule has 2 heteroatoms. The lowest BCUT2D eigenvalue weighted by Crippen LogP contribution is -2.59. The highest BCUT2D eigenvalue weighted by atomic mass is 16.3. The van der Waals surface area contributed by atoms with Crippen molar-refractivity contribution in [2.24, 2.45) is 23.7 Å².